The lowest BCUT2D eigenvalue weighted by atomic mass is 10.1. The highest BCUT2D eigenvalue weighted by atomic mass is 16.7. The molecule has 1 aliphatic rings. The number of alkyl carbamates (subject to hydrolysis) is 1. The third-order valence-corrected chi connectivity index (χ3v) is 2.86. The first-order valence-electron chi connectivity index (χ1n) is 7.14. The Bertz CT molecular complexity index is 539. The SMILES string of the molecule is CC(C)(C)OC(=O)NCCNCc1cc2c(cc1O)OCO2. The summed E-state index contributed by atoms with van der Waals surface area (Å²) in [6.07, 6.45) is -0.444. The lowest BCUT2D eigenvalue weighted by molar-refractivity contribution is 0.0528. The van der Waals surface area contributed by atoms with Gasteiger partial charge in [-0.15, -0.1) is 0 Å². The first kappa shape index (κ1) is 16.2. The van der Waals surface area contributed by atoms with Gasteiger partial charge < -0.3 is 30.0 Å². The topological polar surface area (TPSA) is 89.1 Å². The molecule has 2 rings (SSSR count). The molecule has 1 amide bonds. The van der Waals surface area contributed by atoms with Crippen LogP contribution in [0.1, 0.15) is 26.3 Å². The van der Waals surface area contributed by atoms with E-state index in [0.29, 0.717) is 36.7 Å². The van der Waals surface area contributed by atoms with Crippen molar-refractivity contribution in [3.63, 3.8) is 0 Å². The molecule has 122 valence electrons. The molecule has 1 aliphatic heterocycles. The van der Waals surface area contributed by atoms with Crippen molar-refractivity contribution < 1.29 is 24.1 Å². The van der Waals surface area contributed by atoms with Crippen LogP contribution in [0.5, 0.6) is 17.2 Å². The molecule has 0 aliphatic carbocycles. The minimum Gasteiger partial charge on any atom is -0.507 e. The van der Waals surface area contributed by atoms with Crippen LogP contribution in [0.4, 0.5) is 4.79 Å². The van der Waals surface area contributed by atoms with Gasteiger partial charge in [0.05, 0.1) is 0 Å². The molecule has 0 fully saturated rings. The van der Waals surface area contributed by atoms with Gasteiger partial charge in [0, 0.05) is 31.3 Å². The van der Waals surface area contributed by atoms with Crippen molar-refractivity contribution in [1.82, 2.24) is 10.6 Å². The molecule has 0 unspecified atom stereocenters. The maximum atomic E-state index is 11.4. The molecule has 0 spiro atoms. The number of amides is 1. The van der Waals surface area contributed by atoms with E-state index in [-0.39, 0.29) is 12.5 Å². The number of hydrogen-bond acceptors (Lipinski definition) is 6. The van der Waals surface area contributed by atoms with E-state index in [9.17, 15) is 9.90 Å². The van der Waals surface area contributed by atoms with Crippen LogP contribution in [0.15, 0.2) is 12.1 Å². The zero-order chi connectivity index (χ0) is 16.2. The zero-order valence-electron chi connectivity index (χ0n) is 13.1. The first-order chi connectivity index (χ1) is 10.3. The van der Waals surface area contributed by atoms with Crippen molar-refractivity contribution >= 4 is 6.09 Å². The number of hydrogen-bond donors (Lipinski definition) is 3. The number of benzene rings is 1. The minimum atomic E-state index is -0.504. The molecule has 0 aromatic heterocycles. The van der Waals surface area contributed by atoms with Gasteiger partial charge in [0.25, 0.3) is 0 Å². The molecule has 0 radical (unpaired) electrons. The van der Waals surface area contributed by atoms with Crippen LogP contribution < -0.4 is 20.1 Å². The van der Waals surface area contributed by atoms with E-state index in [1.807, 2.05) is 20.8 Å². The predicted molar refractivity (Wildman–Crippen MR) is 80.2 cm³/mol. The molecule has 0 atom stereocenters. The number of ether oxygens (including phenoxy) is 3. The summed E-state index contributed by atoms with van der Waals surface area (Å²) < 4.78 is 15.6. The van der Waals surface area contributed by atoms with Gasteiger partial charge in [-0.25, -0.2) is 4.79 Å². The third kappa shape index (κ3) is 4.70. The van der Waals surface area contributed by atoms with Gasteiger partial charge in [-0.2, -0.15) is 0 Å². The van der Waals surface area contributed by atoms with Crippen LogP contribution in [0.25, 0.3) is 0 Å². The van der Waals surface area contributed by atoms with Crippen LogP contribution in [-0.4, -0.2) is 36.7 Å². The summed E-state index contributed by atoms with van der Waals surface area (Å²) in [6, 6.07) is 3.28. The van der Waals surface area contributed by atoms with Gasteiger partial charge in [0.15, 0.2) is 11.5 Å². The van der Waals surface area contributed by atoms with Crippen molar-refractivity contribution in [3.8, 4) is 17.2 Å². The fourth-order valence-electron chi connectivity index (χ4n) is 1.91. The molecule has 1 aromatic rings. The standard InChI is InChI=1S/C15H22N2O5/c1-15(2,3)22-14(19)17-5-4-16-8-10-6-12-13(7-11(10)18)21-9-20-12/h6-7,16,18H,4-5,8-9H2,1-3H3,(H,17,19). The quantitative estimate of drug-likeness (QED) is 0.718. The number of carbonyl (C=O) groups is 1. The number of fused-ring (bicyclic) bond motifs is 1. The van der Waals surface area contributed by atoms with Crippen molar-refractivity contribution in [2.45, 2.75) is 32.9 Å². The Morgan fingerprint density at radius 3 is 2.64 bits per heavy atom. The van der Waals surface area contributed by atoms with Gasteiger partial charge >= 0.3 is 6.09 Å². The van der Waals surface area contributed by atoms with E-state index in [1.165, 1.54) is 6.07 Å². The Morgan fingerprint density at radius 1 is 1.27 bits per heavy atom. The summed E-state index contributed by atoms with van der Waals surface area (Å²) in [5.41, 5.74) is 0.206. The molecule has 22 heavy (non-hydrogen) atoms. The molecule has 7 nitrogen and oxygen atoms in total. The van der Waals surface area contributed by atoms with Crippen molar-refractivity contribution in [2.75, 3.05) is 19.9 Å². The fraction of sp³-hybridized carbons (Fsp3) is 0.533. The average Bonchev–Trinajstić information content (AvgIpc) is 2.83. The summed E-state index contributed by atoms with van der Waals surface area (Å²) in [6.45, 7) is 7.05. The van der Waals surface area contributed by atoms with E-state index < -0.39 is 11.7 Å². The second-order valence-corrected chi connectivity index (χ2v) is 5.94. The second kappa shape index (κ2) is 6.74. The summed E-state index contributed by atoms with van der Waals surface area (Å²) >= 11 is 0. The summed E-state index contributed by atoms with van der Waals surface area (Å²) in [5, 5.41) is 15.7. The molecule has 0 saturated carbocycles. The van der Waals surface area contributed by atoms with Crippen LogP contribution in [0.3, 0.4) is 0 Å². The predicted octanol–water partition coefficient (Wildman–Crippen LogP) is 1.74. The Morgan fingerprint density at radius 2 is 1.95 bits per heavy atom. The maximum absolute atomic E-state index is 11.4. The van der Waals surface area contributed by atoms with E-state index in [0.717, 1.165) is 0 Å². The molecule has 1 heterocycles. The number of rotatable bonds is 5. The number of nitrogens with one attached hydrogen (secondary N) is 2. The monoisotopic (exact) mass is 310 g/mol. The van der Waals surface area contributed by atoms with Gasteiger partial charge in [0.1, 0.15) is 11.4 Å². The third-order valence-electron chi connectivity index (χ3n) is 2.86. The lowest BCUT2D eigenvalue weighted by Crippen LogP contribution is -2.36. The van der Waals surface area contributed by atoms with Gasteiger partial charge in [-0.05, 0) is 26.8 Å². The van der Waals surface area contributed by atoms with E-state index in [1.54, 1.807) is 6.07 Å². The molecule has 3 N–H and O–H groups in total. The molecular weight excluding hydrogens is 288 g/mol. The Labute approximate surface area is 129 Å². The second-order valence-electron chi connectivity index (χ2n) is 5.94. The van der Waals surface area contributed by atoms with Crippen molar-refractivity contribution in [2.24, 2.45) is 0 Å². The zero-order valence-corrected chi connectivity index (χ0v) is 13.1. The largest absolute Gasteiger partial charge is 0.507 e. The summed E-state index contributed by atoms with van der Waals surface area (Å²) in [4.78, 5) is 11.4. The minimum absolute atomic E-state index is 0.150. The van der Waals surface area contributed by atoms with Gasteiger partial charge in [-0.1, -0.05) is 0 Å². The molecule has 0 bridgehead atoms. The van der Waals surface area contributed by atoms with E-state index >= 15 is 0 Å². The van der Waals surface area contributed by atoms with Crippen LogP contribution in [0.2, 0.25) is 0 Å². The Kier molecular flexibility index (Phi) is 4.97. The number of carbonyl (C=O) groups excluding carboxylic acids is 1. The van der Waals surface area contributed by atoms with Crippen molar-refractivity contribution in [3.05, 3.63) is 17.7 Å². The smallest absolute Gasteiger partial charge is 0.407 e. The van der Waals surface area contributed by atoms with Gasteiger partial charge in [0.2, 0.25) is 6.79 Å². The Hall–Kier alpha value is -2.15. The lowest BCUT2D eigenvalue weighted by Gasteiger charge is -2.19. The molecular formula is C15H22N2O5. The molecule has 1 aromatic carbocycles. The Balaban J connectivity index is 1.70. The maximum Gasteiger partial charge on any atom is 0.407 e. The first-order valence-corrected chi connectivity index (χ1v) is 7.14. The fourth-order valence-corrected chi connectivity index (χ4v) is 1.91. The number of phenols is 1. The summed E-state index contributed by atoms with van der Waals surface area (Å²) in [7, 11) is 0. The van der Waals surface area contributed by atoms with Crippen LogP contribution in [-0.2, 0) is 11.3 Å². The van der Waals surface area contributed by atoms with Crippen LogP contribution >= 0.6 is 0 Å². The summed E-state index contributed by atoms with van der Waals surface area (Å²) in [5.74, 6) is 1.33. The highest BCUT2D eigenvalue weighted by Gasteiger charge is 2.17. The van der Waals surface area contributed by atoms with E-state index in [4.69, 9.17) is 14.2 Å². The molecule has 0 saturated heterocycles. The average molecular weight is 310 g/mol. The highest BCUT2D eigenvalue weighted by Crippen LogP contribution is 2.37. The molecule has 7 heteroatoms. The van der Waals surface area contributed by atoms with Gasteiger partial charge in [-0.3, -0.25) is 0 Å². The van der Waals surface area contributed by atoms with Crippen molar-refractivity contribution in [1.29, 1.82) is 0 Å². The highest BCUT2D eigenvalue weighted by molar-refractivity contribution is 5.67. The van der Waals surface area contributed by atoms with E-state index in [2.05, 4.69) is 10.6 Å². The number of aromatic hydroxyl groups is 1. The van der Waals surface area contributed by atoms with Crippen LogP contribution in [0, 0.1) is 0 Å². The normalized spacial score (nSPS) is 13.0. The number of phenolic OH excluding ortho intramolecular Hbond substituents is 1.